The van der Waals surface area contributed by atoms with Crippen molar-refractivity contribution in [2.45, 2.75) is 0 Å². The minimum absolute atomic E-state index is 0.111. The number of rotatable bonds is 1. The van der Waals surface area contributed by atoms with Crippen molar-refractivity contribution in [1.29, 1.82) is 0 Å². The van der Waals surface area contributed by atoms with Crippen LogP contribution in [0.3, 0.4) is 0 Å². The van der Waals surface area contributed by atoms with E-state index in [1.54, 1.807) is 0 Å². The summed E-state index contributed by atoms with van der Waals surface area (Å²) in [4.78, 5) is 0. The minimum atomic E-state index is -0.486. The summed E-state index contributed by atoms with van der Waals surface area (Å²) in [5.74, 6) is -0.0538. The lowest BCUT2D eigenvalue weighted by molar-refractivity contribution is 0.469. The molecule has 1 N–H and O–H groups in total. The van der Waals surface area contributed by atoms with Gasteiger partial charge in [-0.05, 0) is 24.3 Å². The predicted molar refractivity (Wildman–Crippen MR) is 63.3 cm³/mol. The maximum absolute atomic E-state index is 13.2. The van der Waals surface area contributed by atoms with Gasteiger partial charge in [-0.25, -0.2) is 4.39 Å². The van der Waals surface area contributed by atoms with Crippen LogP contribution < -0.4 is 0 Å². The lowest BCUT2D eigenvalue weighted by Gasteiger charge is -1.98. The lowest BCUT2D eigenvalue weighted by atomic mass is 10.1. The van der Waals surface area contributed by atoms with E-state index in [4.69, 9.17) is 4.42 Å². The van der Waals surface area contributed by atoms with Crippen molar-refractivity contribution in [3.8, 4) is 17.1 Å². The first-order valence-electron chi connectivity index (χ1n) is 5.21. The van der Waals surface area contributed by atoms with Crippen molar-refractivity contribution in [1.82, 2.24) is 0 Å². The van der Waals surface area contributed by atoms with Crippen LogP contribution in [0.1, 0.15) is 0 Å². The summed E-state index contributed by atoms with van der Waals surface area (Å²) in [5, 5.41) is 10.3. The van der Waals surface area contributed by atoms with E-state index in [1.807, 2.05) is 30.3 Å². The van der Waals surface area contributed by atoms with E-state index in [-0.39, 0.29) is 5.75 Å². The molecule has 0 bridgehead atoms. The van der Waals surface area contributed by atoms with E-state index in [1.165, 1.54) is 12.1 Å². The van der Waals surface area contributed by atoms with Gasteiger partial charge in [-0.3, -0.25) is 0 Å². The van der Waals surface area contributed by atoms with Crippen molar-refractivity contribution >= 4 is 11.0 Å². The van der Waals surface area contributed by atoms with Gasteiger partial charge in [-0.2, -0.15) is 0 Å². The molecule has 17 heavy (non-hydrogen) atoms. The molecule has 0 atom stereocenters. The Kier molecular flexibility index (Phi) is 2.11. The summed E-state index contributed by atoms with van der Waals surface area (Å²) >= 11 is 0. The number of phenols is 1. The van der Waals surface area contributed by atoms with Gasteiger partial charge < -0.3 is 9.52 Å². The SMILES string of the molecule is Oc1cc(F)cc(-c2cc3ccccc3o2)c1. The van der Waals surface area contributed by atoms with Gasteiger partial charge in [0.05, 0.1) is 0 Å². The van der Waals surface area contributed by atoms with Crippen LogP contribution in [-0.2, 0) is 0 Å². The molecule has 1 aromatic heterocycles. The van der Waals surface area contributed by atoms with E-state index in [0.717, 1.165) is 17.0 Å². The predicted octanol–water partition coefficient (Wildman–Crippen LogP) is 3.94. The molecule has 0 unspecified atom stereocenters. The van der Waals surface area contributed by atoms with E-state index < -0.39 is 5.82 Å². The summed E-state index contributed by atoms with van der Waals surface area (Å²) in [6.45, 7) is 0. The standard InChI is InChI=1S/C14H9FO2/c15-11-5-10(6-12(16)8-11)14-7-9-3-1-2-4-13(9)17-14/h1-8,16H. The van der Waals surface area contributed by atoms with E-state index in [9.17, 15) is 9.50 Å². The molecule has 0 saturated heterocycles. The number of hydrogen-bond acceptors (Lipinski definition) is 2. The highest BCUT2D eigenvalue weighted by Gasteiger charge is 2.08. The molecule has 0 aliphatic carbocycles. The zero-order chi connectivity index (χ0) is 11.8. The summed E-state index contributed by atoms with van der Waals surface area (Å²) < 4.78 is 18.8. The first-order chi connectivity index (χ1) is 8.22. The molecular formula is C14H9FO2. The topological polar surface area (TPSA) is 33.4 Å². The molecule has 3 heteroatoms. The molecule has 0 aliphatic rings. The zero-order valence-electron chi connectivity index (χ0n) is 8.85. The monoisotopic (exact) mass is 228 g/mol. The molecule has 84 valence electrons. The van der Waals surface area contributed by atoms with Crippen LogP contribution in [0.25, 0.3) is 22.3 Å². The minimum Gasteiger partial charge on any atom is -0.508 e. The smallest absolute Gasteiger partial charge is 0.135 e. The van der Waals surface area contributed by atoms with Crippen LogP contribution in [0.15, 0.2) is 52.9 Å². The Labute approximate surface area is 96.9 Å². The van der Waals surface area contributed by atoms with Gasteiger partial charge in [-0.15, -0.1) is 0 Å². The number of benzene rings is 2. The Morgan fingerprint density at radius 2 is 1.82 bits per heavy atom. The van der Waals surface area contributed by atoms with Crippen LogP contribution in [0, 0.1) is 5.82 Å². The lowest BCUT2D eigenvalue weighted by Crippen LogP contribution is -1.77. The second-order valence-electron chi connectivity index (χ2n) is 3.85. The normalized spacial score (nSPS) is 10.9. The van der Waals surface area contributed by atoms with E-state index in [0.29, 0.717) is 11.3 Å². The second kappa shape index (κ2) is 3.63. The second-order valence-corrected chi connectivity index (χ2v) is 3.85. The van der Waals surface area contributed by atoms with Gasteiger partial charge in [0.15, 0.2) is 0 Å². The molecule has 2 nitrogen and oxygen atoms in total. The third kappa shape index (κ3) is 1.76. The first-order valence-corrected chi connectivity index (χ1v) is 5.21. The number of para-hydroxylation sites is 1. The van der Waals surface area contributed by atoms with Crippen molar-refractivity contribution in [2.75, 3.05) is 0 Å². The fourth-order valence-corrected chi connectivity index (χ4v) is 1.84. The van der Waals surface area contributed by atoms with E-state index in [2.05, 4.69) is 0 Å². The van der Waals surface area contributed by atoms with Crippen LogP contribution in [0.5, 0.6) is 5.75 Å². The summed E-state index contributed by atoms with van der Waals surface area (Å²) in [7, 11) is 0. The average Bonchev–Trinajstić information content (AvgIpc) is 2.71. The molecule has 3 rings (SSSR count). The number of hydrogen-bond donors (Lipinski definition) is 1. The molecule has 0 aliphatic heterocycles. The molecule has 2 aromatic carbocycles. The number of phenolic OH excluding ortho intramolecular Hbond substituents is 1. The molecule has 0 radical (unpaired) electrons. The molecule has 0 fully saturated rings. The molecule has 0 amide bonds. The van der Waals surface area contributed by atoms with Gasteiger partial charge in [0.25, 0.3) is 0 Å². The molecule has 0 saturated carbocycles. The third-order valence-electron chi connectivity index (χ3n) is 2.59. The summed E-state index contributed by atoms with van der Waals surface area (Å²) in [5.41, 5.74) is 1.27. The zero-order valence-corrected chi connectivity index (χ0v) is 8.85. The van der Waals surface area contributed by atoms with Crippen LogP contribution in [-0.4, -0.2) is 5.11 Å². The molecule has 3 aromatic rings. The Morgan fingerprint density at radius 3 is 2.59 bits per heavy atom. The molecule has 0 spiro atoms. The van der Waals surface area contributed by atoms with Crippen molar-refractivity contribution in [3.63, 3.8) is 0 Å². The molecule has 1 heterocycles. The van der Waals surface area contributed by atoms with E-state index >= 15 is 0 Å². The highest BCUT2D eigenvalue weighted by Crippen LogP contribution is 2.30. The largest absolute Gasteiger partial charge is 0.508 e. The fraction of sp³-hybridized carbons (Fsp3) is 0. The average molecular weight is 228 g/mol. The van der Waals surface area contributed by atoms with Gasteiger partial charge in [0.2, 0.25) is 0 Å². The van der Waals surface area contributed by atoms with Gasteiger partial charge in [0.1, 0.15) is 22.9 Å². The maximum atomic E-state index is 13.2. The van der Waals surface area contributed by atoms with Crippen LogP contribution in [0.2, 0.25) is 0 Å². The third-order valence-corrected chi connectivity index (χ3v) is 2.59. The van der Waals surface area contributed by atoms with Gasteiger partial charge >= 0.3 is 0 Å². The number of furan rings is 1. The highest BCUT2D eigenvalue weighted by molar-refractivity contribution is 5.82. The Morgan fingerprint density at radius 1 is 1.00 bits per heavy atom. The summed E-state index contributed by atoms with van der Waals surface area (Å²) in [6.07, 6.45) is 0. The maximum Gasteiger partial charge on any atom is 0.135 e. The number of fused-ring (bicyclic) bond motifs is 1. The van der Waals surface area contributed by atoms with Gasteiger partial charge in [-0.1, -0.05) is 18.2 Å². The summed E-state index contributed by atoms with van der Waals surface area (Å²) in [6, 6.07) is 13.2. The highest BCUT2D eigenvalue weighted by atomic mass is 19.1. The fourth-order valence-electron chi connectivity index (χ4n) is 1.84. The van der Waals surface area contributed by atoms with Gasteiger partial charge in [0, 0.05) is 17.0 Å². The molecular weight excluding hydrogens is 219 g/mol. The van der Waals surface area contributed by atoms with Crippen LogP contribution >= 0.6 is 0 Å². The Bertz CT molecular complexity index is 632. The number of aromatic hydroxyl groups is 1. The van der Waals surface area contributed by atoms with Crippen molar-refractivity contribution < 1.29 is 13.9 Å². The van der Waals surface area contributed by atoms with Crippen LogP contribution in [0.4, 0.5) is 4.39 Å². The van der Waals surface area contributed by atoms with Crippen molar-refractivity contribution in [3.05, 3.63) is 54.3 Å². The Balaban J connectivity index is 2.20. The van der Waals surface area contributed by atoms with Crippen molar-refractivity contribution in [2.24, 2.45) is 0 Å². The number of halogens is 1. The Hall–Kier alpha value is -2.29. The first kappa shape index (κ1) is 9.90. The quantitative estimate of drug-likeness (QED) is 0.684.